The van der Waals surface area contributed by atoms with Gasteiger partial charge in [-0.25, -0.2) is 9.97 Å². The van der Waals surface area contributed by atoms with Crippen LogP contribution in [0.15, 0.2) is 67.1 Å². The Labute approximate surface area is 239 Å². The van der Waals surface area contributed by atoms with Gasteiger partial charge in [0, 0.05) is 36.3 Å². The van der Waals surface area contributed by atoms with E-state index in [9.17, 15) is 4.79 Å². The minimum Gasteiger partial charge on any atom is -0.493 e. The Morgan fingerprint density at radius 1 is 1.10 bits per heavy atom. The fourth-order valence-corrected chi connectivity index (χ4v) is 4.94. The number of hydrogen-bond acceptors (Lipinski definition) is 8. The molecule has 9 nitrogen and oxygen atoms in total. The largest absolute Gasteiger partial charge is 0.493 e. The van der Waals surface area contributed by atoms with Crippen LogP contribution < -0.4 is 14.8 Å². The minimum atomic E-state index is 0.168. The molecule has 0 saturated carbocycles. The fourth-order valence-electron chi connectivity index (χ4n) is 4.70. The van der Waals surface area contributed by atoms with Crippen LogP contribution in [0.3, 0.4) is 0 Å². The molecule has 4 aromatic rings. The van der Waals surface area contributed by atoms with E-state index in [1.165, 1.54) is 6.33 Å². The molecule has 0 unspecified atom stereocenters. The molecule has 2 aromatic heterocycles. The number of anilines is 2. The number of likely N-dealkylation sites (tertiary alicyclic amines) is 1. The zero-order valence-electron chi connectivity index (χ0n) is 22.7. The number of hydrogen-bond donors (Lipinski definition) is 1. The third kappa shape index (κ3) is 7.16. The molecule has 208 valence electrons. The Hall–Kier alpha value is -3.95. The van der Waals surface area contributed by atoms with Gasteiger partial charge in [-0.05, 0) is 75.5 Å². The Morgan fingerprint density at radius 2 is 2.00 bits per heavy atom. The molecule has 5 rings (SSSR count). The Balaban J connectivity index is 1.23. The molecule has 0 spiro atoms. The van der Waals surface area contributed by atoms with Gasteiger partial charge < -0.3 is 24.6 Å². The fraction of sp³-hybridized carbons (Fsp3) is 0.333. The van der Waals surface area contributed by atoms with Crippen molar-refractivity contribution in [1.82, 2.24) is 24.8 Å². The van der Waals surface area contributed by atoms with Crippen molar-refractivity contribution in [3.63, 3.8) is 0 Å². The number of rotatable bonds is 10. The number of amides is 1. The highest BCUT2D eigenvalue weighted by Crippen LogP contribution is 2.32. The van der Waals surface area contributed by atoms with Crippen LogP contribution in [0, 0.1) is 5.92 Å². The second-order valence-electron chi connectivity index (χ2n) is 10.2. The molecule has 40 heavy (non-hydrogen) atoms. The Bertz CT molecular complexity index is 1450. The number of ether oxygens (including phenoxy) is 2. The molecule has 1 atom stereocenters. The number of piperidine rings is 1. The third-order valence-electron chi connectivity index (χ3n) is 6.71. The molecule has 1 N–H and O–H groups in total. The predicted octanol–water partition coefficient (Wildman–Crippen LogP) is 5.18. The molecule has 1 amide bonds. The summed E-state index contributed by atoms with van der Waals surface area (Å²) < 4.78 is 12.0. The second kappa shape index (κ2) is 12.9. The van der Waals surface area contributed by atoms with Crippen LogP contribution in [0.1, 0.15) is 18.5 Å². The van der Waals surface area contributed by atoms with E-state index in [0.29, 0.717) is 42.3 Å². The van der Waals surface area contributed by atoms with E-state index in [-0.39, 0.29) is 5.91 Å². The van der Waals surface area contributed by atoms with Crippen LogP contribution in [0.4, 0.5) is 11.5 Å². The number of likely N-dealkylation sites (N-methyl/N-ethyl adjacent to an activating group) is 1. The summed E-state index contributed by atoms with van der Waals surface area (Å²) in [7, 11) is 3.83. The highest BCUT2D eigenvalue weighted by Gasteiger charge is 2.24. The number of halogens is 1. The van der Waals surface area contributed by atoms with E-state index in [0.717, 1.165) is 54.0 Å². The van der Waals surface area contributed by atoms with Gasteiger partial charge in [0.1, 0.15) is 30.3 Å². The zero-order chi connectivity index (χ0) is 27.9. The lowest BCUT2D eigenvalue weighted by Gasteiger charge is -2.33. The summed E-state index contributed by atoms with van der Waals surface area (Å²) in [6, 6.07) is 17.0. The lowest BCUT2D eigenvalue weighted by atomic mass is 9.99. The number of nitrogens with zero attached hydrogens (tertiary/aromatic N) is 5. The highest BCUT2D eigenvalue weighted by atomic mass is 35.5. The number of carbonyl (C=O) groups excluding carboxylic acids is 1. The molecule has 10 heteroatoms. The van der Waals surface area contributed by atoms with E-state index >= 15 is 0 Å². The first-order valence-corrected chi connectivity index (χ1v) is 13.7. The summed E-state index contributed by atoms with van der Waals surface area (Å²) in [6.45, 7) is 2.84. The number of benzene rings is 2. The van der Waals surface area contributed by atoms with Gasteiger partial charge in [0.05, 0.1) is 29.4 Å². The lowest BCUT2D eigenvalue weighted by Crippen LogP contribution is -2.44. The number of nitrogens with one attached hydrogen (secondary N) is 1. The number of aromatic nitrogens is 3. The van der Waals surface area contributed by atoms with Crippen molar-refractivity contribution in [3.8, 4) is 11.5 Å². The van der Waals surface area contributed by atoms with Crippen LogP contribution in [0.5, 0.6) is 11.5 Å². The predicted molar refractivity (Wildman–Crippen MR) is 156 cm³/mol. The van der Waals surface area contributed by atoms with Crippen molar-refractivity contribution < 1.29 is 14.3 Å². The molecule has 2 aromatic carbocycles. The average Bonchev–Trinajstić information content (AvgIpc) is 2.96. The van der Waals surface area contributed by atoms with Crippen LogP contribution in [-0.2, 0) is 11.4 Å². The molecule has 0 radical (unpaired) electrons. The van der Waals surface area contributed by atoms with Crippen LogP contribution >= 0.6 is 11.6 Å². The first-order valence-electron chi connectivity index (χ1n) is 13.3. The summed E-state index contributed by atoms with van der Waals surface area (Å²) >= 11 is 6.51. The summed E-state index contributed by atoms with van der Waals surface area (Å²) in [5.74, 6) is 2.41. The topological polar surface area (TPSA) is 92.7 Å². The maximum absolute atomic E-state index is 12.5. The number of fused-ring (bicyclic) bond motifs is 1. The number of pyridine rings is 1. The van der Waals surface area contributed by atoms with Gasteiger partial charge in [-0.2, -0.15) is 0 Å². The van der Waals surface area contributed by atoms with Crippen molar-refractivity contribution in [1.29, 1.82) is 0 Å². The average molecular weight is 561 g/mol. The normalized spacial score (nSPS) is 15.3. The Kier molecular flexibility index (Phi) is 8.93. The second-order valence-corrected chi connectivity index (χ2v) is 10.6. The van der Waals surface area contributed by atoms with Gasteiger partial charge in [0.25, 0.3) is 0 Å². The molecular formula is C30H33ClN6O3. The summed E-state index contributed by atoms with van der Waals surface area (Å²) in [4.78, 5) is 29.5. The van der Waals surface area contributed by atoms with Crippen molar-refractivity contribution in [2.24, 2.45) is 5.92 Å². The van der Waals surface area contributed by atoms with Crippen molar-refractivity contribution in [2.75, 3.05) is 45.7 Å². The maximum atomic E-state index is 12.5. The molecular weight excluding hydrogens is 528 g/mol. The van der Waals surface area contributed by atoms with E-state index in [1.807, 2.05) is 72.4 Å². The van der Waals surface area contributed by atoms with Crippen molar-refractivity contribution in [2.45, 2.75) is 19.4 Å². The molecule has 1 fully saturated rings. The van der Waals surface area contributed by atoms with E-state index in [2.05, 4.69) is 20.3 Å². The van der Waals surface area contributed by atoms with Crippen molar-refractivity contribution in [3.05, 3.63) is 77.8 Å². The third-order valence-corrected chi connectivity index (χ3v) is 7.01. The van der Waals surface area contributed by atoms with E-state index < -0.39 is 0 Å². The molecule has 1 aliphatic heterocycles. The first-order chi connectivity index (χ1) is 19.4. The standard InChI is InChI=1S/C30H33ClN6O3/c1-36(2)17-29(38)37-13-5-6-21(16-37)18-39-24-9-10-27-25(15-24)30(34-20-33-27)35-22-8-11-28(26(31)14-22)40-19-23-7-3-4-12-32-23/h3-4,7-12,14-15,20-21H,5-6,13,16-19H2,1-2H3,(H,33,34,35)/t21-/m1/s1. The van der Waals surface area contributed by atoms with E-state index in [1.54, 1.807) is 12.3 Å². The molecule has 3 heterocycles. The summed E-state index contributed by atoms with van der Waals surface area (Å²) in [5.41, 5.74) is 2.39. The minimum absolute atomic E-state index is 0.168. The molecule has 0 bridgehead atoms. The van der Waals surface area contributed by atoms with E-state index in [4.69, 9.17) is 21.1 Å². The lowest BCUT2D eigenvalue weighted by molar-refractivity contribution is -0.133. The number of carbonyl (C=O) groups is 1. The maximum Gasteiger partial charge on any atom is 0.236 e. The SMILES string of the molecule is CN(C)CC(=O)N1CCC[C@@H](COc2ccc3ncnc(Nc4ccc(OCc5ccccn5)c(Cl)c4)c3c2)C1. The molecule has 0 aliphatic carbocycles. The summed E-state index contributed by atoms with van der Waals surface area (Å²) in [6.07, 6.45) is 5.29. The zero-order valence-corrected chi connectivity index (χ0v) is 23.5. The molecule has 1 aliphatic rings. The van der Waals surface area contributed by atoms with Gasteiger partial charge in [0.2, 0.25) is 5.91 Å². The van der Waals surface area contributed by atoms with Crippen molar-refractivity contribution >= 4 is 39.9 Å². The monoisotopic (exact) mass is 560 g/mol. The van der Waals surface area contributed by atoms with Gasteiger partial charge >= 0.3 is 0 Å². The first kappa shape index (κ1) is 27.6. The summed E-state index contributed by atoms with van der Waals surface area (Å²) in [5, 5.41) is 4.66. The van der Waals surface area contributed by atoms with Gasteiger partial charge in [-0.3, -0.25) is 9.78 Å². The van der Waals surface area contributed by atoms with Gasteiger partial charge in [-0.1, -0.05) is 17.7 Å². The van der Waals surface area contributed by atoms with Gasteiger partial charge in [0.15, 0.2) is 0 Å². The highest BCUT2D eigenvalue weighted by molar-refractivity contribution is 6.32. The van der Waals surface area contributed by atoms with Gasteiger partial charge in [-0.15, -0.1) is 0 Å². The smallest absolute Gasteiger partial charge is 0.236 e. The Morgan fingerprint density at radius 3 is 2.80 bits per heavy atom. The van der Waals surface area contributed by atoms with Crippen LogP contribution in [0.25, 0.3) is 10.9 Å². The van der Waals surface area contributed by atoms with Crippen LogP contribution in [-0.4, -0.2) is 71.0 Å². The quantitative estimate of drug-likeness (QED) is 0.284. The van der Waals surface area contributed by atoms with Crippen LogP contribution in [0.2, 0.25) is 5.02 Å². The molecule has 1 saturated heterocycles.